The second-order valence-corrected chi connectivity index (χ2v) is 7.60. The number of hydrogen-bond acceptors (Lipinski definition) is 2. The summed E-state index contributed by atoms with van der Waals surface area (Å²) in [4.78, 5) is 26.3. The largest absolute Gasteiger partial charge is 0.347 e. The molecule has 1 unspecified atom stereocenters. The Kier molecular flexibility index (Phi) is 5.27. The summed E-state index contributed by atoms with van der Waals surface area (Å²) in [6, 6.07) is 5.43. The van der Waals surface area contributed by atoms with Crippen molar-refractivity contribution in [3.05, 3.63) is 33.8 Å². The van der Waals surface area contributed by atoms with Gasteiger partial charge in [0.2, 0.25) is 11.8 Å². The van der Waals surface area contributed by atoms with Crippen LogP contribution >= 0.6 is 23.2 Å². The molecule has 1 atom stereocenters. The standard InChI is InChI=1S/C17H22Cl2N2O2/c1-10(2)21-9-11(7-15(21)22)16(23)20-17(3,4)12-5-6-13(18)14(19)8-12/h5-6,8,10-11H,7,9H2,1-4H3,(H,20,23). The van der Waals surface area contributed by atoms with Crippen LogP contribution in [-0.2, 0) is 15.1 Å². The number of carbonyl (C=O) groups is 2. The highest BCUT2D eigenvalue weighted by molar-refractivity contribution is 6.42. The third-order valence-electron chi connectivity index (χ3n) is 4.23. The van der Waals surface area contributed by atoms with Crippen LogP contribution in [0.2, 0.25) is 10.0 Å². The van der Waals surface area contributed by atoms with Crippen molar-refractivity contribution in [3.63, 3.8) is 0 Å². The molecule has 0 aliphatic carbocycles. The van der Waals surface area contributed by atoms with E-state index >= 15 is 0 Å². The lowest BCUT2D eigenvalue weighted by Crippen LogP contribution is -2.44. The Morgan fingerprint density at radius 3 is 2.48 bits per heavy atom. The third-order valence-corrected chi connectivity index (χ3v) is 4.97. The summed E-state index contributed by atoms with van der Waals surface area (Å²) in [6.45, 7) is 8.19. The molecule has 1 aromatic rings. The lowest BCUT2D eigenvalue weighted by atomic mass is 9.93. The maximum Gasteiger partial charge on any atom is 0.226 e. The smallest absolute Gasteiger partial charge is 0.226 e. The molecule has 0 bridgehead atoms. The van der Waals surface area contributed by atoms with Crippen LogP contribution in [0.4, 0.5) is 0 Å². The van der Waals surface area contributed by atoms with Gasteiger partial charge in [-0.15, -0.1) is 0 Å². The van der Waals surface area contributed by atoms with Crippen LogP contribution in [0.3, 0.4) is 0 Å². The molecule has 0 saturated carbocycles. The molecule has 23 heavy (non-hydrogen) atoms. The van der Waals surface area contributed by atoms with Crippen molar-refractivity contribution in [1.29, 1.82) is 0 Å². The fourth-order valence-corrected chi connectivity index (χ4v) is 3.07. The predicted octanol–water partition coefficient (Wildman–Crippen LogP) is 3.60. The van der Waals surface area contributed by atoms with Gasteiger partial charge in [0.1, 0.15) is 0 Å². The first-order chi connectivity index (χ1) is 10.6. The van der Waals surface area contributed by atoms with Crippen molar-refractivity contribution in [1.82, 2.24) is 10.2 Å². The average molecular weight is 357 g/mol. The van der Waals surface area contributed by atoms with Gasteiger partial charge < -0.3 is 10.2 Å². The Hall–Kier alpha value is -1.26. The Balaban J connectivity index is 2.09. The number of nitrogens with zero attached hydrogens (tertiary/aromatic N) is 1. The average Bonchev–Trinajstić information content (AvgIpc) is 2.83. The second kappa shape index (κ2) is 6.70. The van der Waals surface area contributed by atoms with E-state index in [1.54, 1.807) is 17.0 Å². The maximum absolute atomic E-state index is 12.6. The minimum atomic E-state index is -0.598. The Bertz CT molecular complexity index is 629. The van der Waals surface area contributed by atoms with Gasteiger partial charge in [0.05, 0.1) is 21.5 Å². The molecule has 6 heteroatoms. The third kappa shape index (κ3) is 3.99. The van der Waals surface area contributed by atoms with Crippen LogP contribution < -0.4 is 5.32 Å². The number of hydrogen-bond donors (Lipinski definition) is 1. The Labute approximate surface area is 147 Å². The van der Waals surface area contributed by atoms with Crippen LogP contribution in [-0.4, -0.2) is 29.3 Å². The first-order valence-corrected chi connectivity index (χ1v) is 8.44. The molecule has 2 amide bonds. The monoisotopic (exact) mass is 356 g/mol. The van der Waals surface area contributed by atoms with E-state index in [4.69, 9.17) is 23.2 Å². The van der Waals surface area contributed by atoms with Crippen LogP contribution in [0.25, 0.3) is 0 Å². The lowest BCUT2D eigenvalue weighted by Gasteiger charge is -2.29. The van der Waals surface area contributed by atoms with E-state index in [9.17, 15) is 9.59 Å². The lowest BCUT2D eigenvalue weighted by molar-refractivity contribution is -0.130. The van der Waals surface area contributed by atoms with Gasteiger partial charge in [0.25, 0.3) is 0 Å². The number of nitrogens with one attached hydrogen (secondary N) is 1. The minimum absolute atomic E-state index is 0.0347. The van der Waals surface area contributed by atoms with Crippen LogP contribution in [0.1, 0.15) is 39.7 Å². The van der Waals surface area contributed by atoms with Crippen molar-refractivity contribution in [2.24, 2.45) is 5.92 Å². The molecule has 1 aliphatic rings. The zero-order chi connectivity index (χ0) is 17.4. The fraction of sp³-hybridized carbons (Fsp3) is 0.529. The van der Waals surface area contributed by atoms with E-state index in [0.717, 1.165) is 5.56 Å². The highest BCUT2D eigenvalue weighted by Crippen LogP contribution is 2.29. The summed E-state index contributed by atoms with van der Waals surface area (Å²) < 4.78 is 0. The molecule has 1 aromatic carbocycles. The number of benzene rings is 1. The normalized spacial score (nSPS) is 18.7. The maximum atomic E-state index is 12.6. The molecule has 0 aromatic heterocycles. The SMILES string of the molecule is CC(C)N1CC(C(=O)NC(C)(C)c2ccc(Cl)c(Cl)c2)CC1=O. The molecule has 1 saturated heterocycles. The van der Waals surface area contributed by atoms with E-state index in [2.05, 4.69) is 5.32 Å². The molecule has 1 aliphatic heterocycles. The summed E-state index contributed by atoms with van der Waals surface area (Å²) in [5, 5.41) is 3.95. The molecule has 2 rings (SSSR count). The molecule has 1 heterocycles. The fourth-order valence-electron chi connectivity index (χ4n) is 2.77. The van der Waals surface area contributed by atoms with Gasteiger partial charge in [0.15, 0.2) is 0 Å². The van der Waals surface area contributed by atoms with Crippen molar-refractivity contribution < 1.29 is 9.59 Å². The van der Waals surface area contributed by atoms with Crippen LogP contribution in [0.5, 0.6) is 0 Å². The number of halogens is 2. The molecular formula is C17H22Cl2N2O2. The van der Waals surface area contributed by atoms with Crippen molar-refractivity contribution in [2.75, 3.05) is 6.54 Å². The molecule has 0 radical (unpaired) electrons. The van der Waals surface area contributed by atoms with E-state index < -0.39 is 5.54 Å². The Morgan fingerprint density at radius 1 is 1.30 bits per heavy atom. The van der Waals surface area contributed by atoms with Gasteiger partial charge in [-0.05, 0) is 45.4 Å². The first kappa shape index (κ1) is 18.1. The molecular weight excluding hydrogens is 335 g/mol. The summed E-state index contributed by atoms with van der Waals surface area (Å²) >= 11 is 12.0. The van der Waals surface area contributed by atoms with Gasteiger partial charge >= 0.3 is 0 Å². The summed E-state index contributed by atoms with van der Waals surface area (Å²) in [5.74, 6) is -0.392. The van der Waals surface area contributed by atoms with E-state index in [1.165, 1.54) is 0 Å². The van der Waals surface area contributed by atoms with Gasteiger partial charge in [-0.25, -0.2) is 0 Å². The Morgan fingerprint density at radius 2 is 1.96 bits per heavy atom. The number of amides is 2. The summed E-state index contributed by atoms with van der Waals surface area (Å²) in [6.07, 6.45) is 0.265. The van der Waals surface area contributed by atoms with Crippen LogP contribution in [0.15, 0.2) is 18.2 Å². The highest BCUT2D eigenvalue weighted by Gasteiger charge is 2.37. The number of carbonyl (C=O) groups excluding carboxylic acids is 2. The number of rotatable bonds is 4. The highest BCUT2D eigenvalue weighted by atomic mass is 35.5. The van der Waals surface area contributed by atoms with Crippen molar-refractivity contribution in [3.8, 4) is 0 Å². The van der Waals surface area contributed by atoms with Crippen molar-refractivity contribution >= 4 is 35.0 Å². The van der Waals surface area contributed by atoms with Gasteiger partial charge in [-0.3, -0.25) is 9.59 Å². The van der Waals surface area contributed by atoms with E-state index in [-0.39, 0.29) is 30.2 Å². The van der Waals surface area contributed by atoms with Gasteiger partial charge in [0, 0.05) is 19.0 Å². The topological polar surface area (TPSA) is 49.4 Å². The van der Waals surface area contributed by atoms with Gasteiger partial charge in [-0.1, -0.05) is 29.3 Å². The zero-order valence-electron chi connectivity index (χ0n) is 13.8. The van der Waals surface area contributed by atoms with E-state index in [0.29, 0.717) is 16.6 Å². The first-order valence-electron chi connectivity index (χ1n) is 7.69. The molecule has 1 N–H and O–H groups in total. The quantitative estimate of drug-likeness (QED) is 0.895. The van der Waals surface area contributed by atoms with Crippen molar-refractivity contribution in [2.45, 2.75) is 45.7 Å². The molecule has 0 spiro atoms. The number of likely N-dealkylation sites (tertiary alicyclic amines) is 1. The van der Waals surface area contributed by atoms with Gasteiger partial charge in [-0.2, -0.15) is 0 Å². The zero-order valence-corrected chi connectivity index (χ0v) is 15.3. The minimum Gasteiger partial charge on any atom is -0.347 e. The molecule has 126 valence electrons. The second-order valence-electron chi connectivity index (χ2n) is 6.78. The molecule has 4 nitrogen and oxygen atoms in total. The predicted molar refractivity (Wildman–Crippen MR) is 92.6 cm³/mol. The molecule has 1 fully saturated rings. The summed E-state index contributed by atoms with van der Waals surface area (Å²) in [5.41, 5.74) is 0.268. The van der Waals surface area contributed by atoms with Crippen LogP contribution in [0, 0.1) is 5.92 Å². The van der Waals surface area contributed by atoms with E-state index in [1.807, 2.05) is 33.8 Å². The summed E-state index contributed by atoms with van der Waals surface area (Å²) in [7, 11) is 0.